The van der Waals surface area contributed by atoms with Crippen LogP contribution < -0.4 is 10.5 Å². The summed E-state index contributed by atoms with van der Waals surface area (Å²) in [4.78, 5) is 4.38. The van der Waals surface area contributed by atoms with Crippen molar-refractivity contribution in [2.75, 3.05) is 0 Å². The molecular weight excluding hydrogens is 260 g/mol. The van der Waals surface area contributed by atoms with E-state index in [9.17, 15) is 0 Å². The average molecular weight is 284 g/mol. The maximum atomic E-state index is 4.38. The largest absolute Gasteiger partial charge is 0.305 e. The van der Waals surface area contributed by atoms with Gasteiger partial charge >= 0.3 is 0 Å². The molecule has 20 heavy (non-hydrogen) atoms. The van der Waals surface area contributed by atoms with Crippen LogP contribution in [0.25, 0.3) is 0 Å². The van der Waals surface area contributed by atoms with Crippen LogP contribution >= 0.6 is 0 Å². The smallest absolute Gasteiger partial charge is 0.0775 e. The Hall–Kier alpha value is -1.45. The fourth-order valence-corrected chi connectivity index (χ4v) is 3.30. The van der Waals surface area contributed by atoms with E-state index < -0.39 is 8.07 Å². The predicted octanol–water partition coefficient (Wildman–Crippen LogP) is 3.48. The summed E-state index contributed by atoms with van der Waals surface area (Å²) >= 11 is 0. The fourth-order valence-electron chi connectivity index (χ4n) is 2.13. The highest BCUT2D eigenvalue weighted by Crippen LogP contribution is 2.10. The second-order valence-electron chi connectivity index (χ2n) is 6.30. The SMILES string of the molecule is CC(NCc1ccc([Si](C)(C)C)cc1)c1ccccn1. The van der Waals surface area contributed by atoms with E-state index in [2.05, 4.69) is 67.2 Å². The van der Waals surface area contributed by atoms with Crippen molar-refractivity contribution in [3.05, 3.63) is 59.9 Å². The lowest BCUT2D eigenvalue weighted by Gasteiger charge is -2.17. The lowest BCUT2D eigenvalue weighted by Crippen LogP contribution is -2.37. The summed E-state index contributed by atoms with van der Waals surface area (Å²) in [7, 11) is -1.18. The van der Waals surface area contributed by atoms with E-state index in [1.54, 1.807) is 0 Å². The summed E-state index contributed by atoms with van der Waals surface area (Å²) < 4.78 is 0. The first-order chi connectivity index (χ1) is 9.47. The van der Waals surface area contributed by atoms with Crippen LogP contribution in [0.15, 0.2) is 48.7 Å². The molecule has 2 nitrogen and oxygen atoms in total. The Balaban J connectivity index is 1.94. The number of benzene rings is 1. The summed E-state index contributed by atoms with van der Waals surface area (Å²) in [6.07, 6.45) is 1.84. The molecule has 0 spiro atoms. The van der Waals surface area contributed by atoms with Gasteiger partial charge < -0.3 is 5.32 Å². The first-order valence-corrected chi connectivity index (χ1v) is 10.7. The van der Waals surface area contributed by atoms with Crippen LogP contribution in [0.1, 0.15) is 24.2 Å². The van der Waals surface area contributed by atoms with E-state index in [0.29, 0.717) is 0 Å². The van der Waals surface area contributed by atoms with Gasteiger partial charge in [-0.1, -0.05) is 55.2 Å². The van der Waals surface area contributed by atoms with Gasteiger partial charge in [-0.25, -0.2) is 0 Å². The molecule has 0 saturated carbocycles. The normalized spacial score (nSPS) is 13.2. The molecule has 0 amide bonds. The number of hydrogen-bond donors (Lipinski definition) is 1. The van der Waals surface area contributed by atoms with Crippen molar-refractivity contribution in [3.8, 4) is 0 Å². The minimum absolute atomic E-state index is 0.271. The highest BCUT2D eigenvalue weighted by molar-refractivity contribution is 6.88. The van der Waals surface area contributed by atoms with Crippen molar-refractivity contribution in [2.24, 2.45) is 0 Å². The van der Waals surface area contributed by atoms with Crippen molar-refractivity contribution in [3.63, 3.8) is 0 Å². The summed E-state index contributed by atoms with van der Waals surface area (Å²) in [5.41, 5.74) is 2.42. The summed E-state index contributed by atoms with van der Waals surface area (Å²) in [5, 5.41) is 5.04. The molecule has 1 atom stereocenters. The highest BCUT2D eigenvalue weighted by Gasteiger charge is 2.15. The maximum Gasteiger partial charge on any atom is 0.0775 e. The molecule has 0 aliphatic carbocycles. The van der Waals surface area contributed by atoms with E-state index >= 15 is 0 Å². The molecule has 3 heteroatoms. The summed E-state index contributed by atoms with van der Waals surface area (Å²) in [6, 6.07) is 15.4. The number of aromatic nitrogens is 1. The molecule has 0 radical (unpaired) electrons. The first kappa shape index (κ1) is 14.9. The molecule has 1 aromatic heterocycles. The molecule has 1 aromatic carbocycles. The predicted molar refractivity (Wildman–Crippen MR) is 88.9 cm³/mol. The Morgan fingerprint density at radius 2 is 1.75 bits per heavy atom. The van der Waals surface area contributed by atoms with Crippen LogP contribution in [0.3, 0.4) is 0 Å². The average Bonchev–Trinajstić information content (AvgIpc) is 2.45. The number of nitrogens with one attached hydrogen (secondary N) is 1. The molecule has 2 rings (SSSR count). The zero-order chi connectivity index (χ0) is 14.6. The second-order valence-corrected chi connectivity index (χ2v) is 11.4. The Labute approximate surface area is 123 Å². The summed E-state index contributed by atoms with van der Waals surface area (Å²) in [5.74, 6) is 0. The number of hydrogen-bond acceptors (Lipinski definition) is 2. The van der Waals surface area contributed by atoms with Crippen LogP contribution in [0.5, 0.6) is 0 Å². The third kappa shape index (κ3) is 4.02. The van der Waals surface area contributed by atoms with Gasteiger partial charge in [0.05, 0.1) is 13.8 Å². The molecule has 1 heterocycles. The molecule has 0 saturated heterocycles. The monoisotopic (exact) mass is 284 g/mol. The Morgan fingerprint density at radius 3 is 2.30 bits per heavy atom. The van der Waals surface area contributed by atoms with Gasteiger partial charge in [-0.15, -0.1) is 0 Å². The minimum Gasteiger partial charge on any atom is -0.305 e. The lowest BCUT2D eigenvalue weighted by atomic mass is 10.2. The number of nitrogens with zero attached hydrogens (tertiary/aromatic N) is 1. The van der Waals surface area contributed by atoms with E-state index in [1.807, 2.05) is 18.3 Å². The van der Waals surface area contributed by atoms with Gasteiger partial charge in [-0.3, -0.25) is 4.98 Å². The fraction of sp³-hybridized carbons (Fsp3) is 0.353. The van der Waals surface area contributed by atoms with Crippen molar-refractivity contribution < 1.29 is 0 Å². The van der Waals surface area contributed by atoms with Crippen LogP contribution in [0.4, 0.5) is 0 Å². The van der Waals surface area contributed by atoms with Gasteiger partial charge in [0.1, 0.15) is 0 Å². The van der Waals surface area contributed by atoms with E-state index in [1.165, 1.54) is 10.8 Å². The molecule has 1 unspecified atom stereocenters. The lowest BCUT2D eigenvalue weighted by molar-refractivity contribution is 0.561. The van der Waals surface area contributed by atoms with Crippen LogP contribution in [0.2, 0.25) is 19.6 Å². The van der Waals surface area contributed by atoms with E-state index in [4.69, 9.17) is 0 Å². The topological polar surface area (TPSA) is 24.9 Å². The molecule has 106 valence electrons. The molecular formula is C17H24N2Si. The first-order valence-electron chi connectivity index (χ1n) is 7.20. The molecule has 0 aliphatic heterocycles. The quantitative estimate of drug-likeness (QED) is 0.850. The van der Waals surface area contributed by atoms with Gasteiger partial charge in [-0.2, -0.15) is 0 Å². The third-order valence-electron chi connectivity index (χ3n) is 3.56. The Bertz CT molecular complexity index is 529. The number of pyridine rings is 1. The zero-order valence-electron chi connectivity index (χ0n) is 12.9. The van der Waals surface area contributed by atoms with E-state index in [-0.39, 0.29) is 6.04 Å². The van der Waals surface area contributed by atoms with Crippen molar-refractivity contribution >= 4 is 13.3 Å². The molecule has 0 aliphatic rings. The van der Waals surface area contributed by atoms with Crippen LogP contribution in [0, 0.1) is 0 Å². The van der Waals surface area contributed by atoms with Crippen LogP contribution in [-0.4, -0.2) is 13.1 Å². The summed E-state index contributed by atoms with van der Waals surface area (Å²) in [6.45, 7) is 10.2. The Morgan fingerprint density at radius 1 is 1.05 bits per heavy atom. The van der Waals surface area contributed by atoms with Gasteiger partial charge in [0, 0.05) is 18.8 Å². The van der Waals surface area contributed by atoms with Crippen molar-refractivity contribution in [1.29, 1.82) is 0 Å². The van der Waals surface area contributed by atoms with Crippen LogP contribution in [-0.2, 0) is 6.54 Å². The third-order valence-corrected chi connectivity index (χ3v) is 5.63. The van der Waals surface area contributed by atoms with Gasteiger partial charge in [0.15, 0.2) is 0 Å². The van der Waals surface area contributed by atoms with Crippen molar-refractivity contribution in [2.45, 2.75) is 39.2 Å². The molecule has 2 aromatic rings. The van der Waals surface area contributed by atoms with Crippen molar-refractivity contribution in [1.82, 2.24) is 10.3 Å². The Kier molecular flexibility index (Phi) is 4.73. The molecule has 1 N–H and O–H groups in total. The highest BCUT2D eigenvalue weighted by atomic mass is 28.3. The molecule has 0 fully saturated rings. The van der Waals surface area contributed by atoms with E-state index in [0.717, 1.165) is 12.2 Å². The maximum absolute atomic E-state index is 4.38. The number of rotatable bonds is 5. The minimum atomic E-state index is -1.18. The molecule has 0 bridgehead atoms. The second kappa shape index (κ2) is 6.33. The van der Waals surface area contributed by atoms with Gasteiger partial charge in [0.25, 0.3) is 0 Å². The van der Waals surface area contributed by atoms with Gasteiger partial charge in [0.2, 0.25) is 0 Å². The zero-order valence-corrected chi connectivity index (χ0v) is 13.9. The standard InChI is InChI=1S/C17H24N2Si/c1-14(17-7-5-6-12-18-17)19-13-15-8-10-16(11-9-15)20(2,3)4/h5-12,14,19H,13H2,1-4H3. The van der Waals surface area contributed by atoms with Gasteiger partial charge in [-0.05, 0) is 24.6 Å².